The molecule has 7 heteroatoms. The predicted octanol–water partition coefficient (Wildman–Crippen LogP) is 1.98. The standard InChI is InChI=1S/C6H6Br2N2O2S/c1-13(11,12)10-5-2-4(7)3-9-6(5)8/h2-3,10H,1H3. The van der Waals surface area contributed by atoms with E-state index in [0.717, 1.165) is 6.26 Å². The number of halogens is 2. The van der Waals surface area contributed by atoms with Crippen LogP contribution < -0.4 is 4.72 Å². The number of pyridine rings is 1. The van der Waals surface area contributed by atoms with Crippen LogP contribution in [0.3, 0.4) is 0 Å². The summed E-state index contributed by atoms with van der Waals surface area (Å²) in [6, 6.07) is 1.62. The molecule has 1 N–H and O–H groups in total. The number of rotatable bonds is 2. The summed E-state index contributed by atoms with van der Waals surface area (Å²) in [6.07, 6.45) is 2.65. The molecule has 0 aliphatic rings. The monoisotopic (exact) mass is 328 g/mol. The Balaban J connectivity index is 3.08. The van der Waals surface area contributed by atoms with Gasteiger partial charge in [0.05, 0.1) is 11.9 Å². The van der Waals surface area contributed by atoms with Crippen molar-refractivity contribution in [1.82, 2.24) is 4.98 Å². The van der Waals surface area contributed by atoms with Crippen molar-refractivity contribution >= 4 is 47.6 Å². The van der Waals surface area contributed by atoms with Crippen LogP contribution in [0.1, 0.15) is 0 Å². The molecule has 0 aliphatic heterocycles. The average molecular weight is 330 g/mol. The number of nitrogens with one attached hydrogen (secondary N) is 1. The lowest BCUT2D eigenvalue weighted by molar-refractivity contribution is 0.606. The van der Waals surface area contributed by atoms with Gasteiger partial charge in [-0.05, 0) is 37.9 Å². The number of hydrogen-bond donors (Lipinski definition) is 1. The van der Waals surface area contributed by atoms with Gasteiger partial charge in [0.2, 0.25) is 10.0 Å². The number of anilines is 1. The quantitative estimate of drug-likeness (QED) is 0.844. The van der Waals surface area contributed by atoms with E-state index >= 15 is 0 Å². The van der Waals surface area contributed by atoms with Gasteiger partial charge < -0.3 is 0 Å². The molecule has 1 aromatic rings. The molecule has 72 valence electrons. The van der Waals surface area contributed by atoms with E-state index in [2.05, 4.69) is 41.6 Å². The molecule has 0 atom stereocenters. The van der Waals surface area contributed by atoms with E-state index in [-0.39, 0.29) is 0 Å². The van der Waals surface area contributed by atoms with Crippen molar-refractivity contribution < 1.29 is 8.42 Å². The van der Waals surface area contributed by atoms with Gasteiger partial charge in [0.15, 0.2) is 0 Å². The molecule has 1 rings (SSSR count). The zero-order valence-corrected chi connectivity index (χ0v) is 10.6. The van der Waals surface area contributed by atoms with Crippen LogP contribution in [-0.4, -0.2) is 19.7 Å². The van der Waals surface area contributed by atoms with Crippen molar-refractivity contribution in [3.05, 3.63) is 21.3 Å². The second-order valence-corrected chi connectivity index (χ2v) is 5.78. The molecule has 0 amide bonds. The Bertz CT molecular complexity index is 419. The van der Waals surface area contributed by atoms with Crippen molar-refractivity contribution in [3.8, 4) is 0 Å². The first-order valence-electron chi connectivity index (χ1n) is 3.17. The van der Waals surface area contributed by atoms with Gasteiger partial charge >= 0.3 is 0 Å². The average Bonchev–Trinajstić information content (AvgIpc) is 1.94. The molecular weight excluding hydrogens is 324 g/mol. The second kappa shape index (κ2) is 3.93. The van der Waals surface area contributed by atoms with Crippen LogP contribution in [0.15, 0.2) is 21.3 Å². The molecule has 0 aliphatic carbocycles. The molecular formula is C6H6Br2N2O2S. The lowest BCUT2D eigenvalue weighted by atomic mass is 10.4. The molecule has 0 fully saturated rings. The molecule has 0 unspecified atom stereocenters. The van der Waals surface area contributed by atoms with Crippen molar-refractivity contribution in [2.45, 2.75) is 0 Å². The second-order valence-electron chi connectivity index (χ2n) is 2.37. The van der Waals surface area contributed by atoms with E-state index in [1.165, 1.54) is 0 Å². The minimum absolute atomic E-state index is 0.414. The van der Waals surface area contributed by atoms with Gasteiger partial charge in [-0.15, -0.1) is 0 Å². The fraction of sp³-hybridized carbons (Fsp3) is 0.167. The molecule has 13 heavy (non-hydrogen) atoms. The highest BCUT2D eigenvalue weighted by atomic mass is 79.9. The lowest BCUT2D eigenvalue weighted by Crippen LogP contribution is -2.10. The fourth-order valence-corrected chi connectivity index (χ4v) is 2.03. The Morgan fingerprint density at radius 2 is 2.08 bits per heavy atom. The van der Waals surface area contributed by atoms with Crippen LogP contribution in [-0.2, 0) is 10.0 Å². The van der Waals surface area contributed by atoms with Crippen molar-refractivity contribution in [3.63, 3.8) is 0 Å². The Morgan fingerprint density at radius 1 is 1.46 bits per heavy atom. The summed E-state index contributed by atoms with van der Waals surface area (Å²) < 4.78 is 25.3. The summed E-state index contributed by atoms with van der Waals surface area (Å²) in [4.78, 5) is 3.91. The zero-order valence-electron chi connectivity index (χ0n) is 6.58. The van der Waals surface area contributed by atoms with Crippen LogP contribution in [0.2, 0.25) is 0 Å². The third-order valence-corrected chi connectivity index (χ3v) is 2.76. The highest BCUT2D eigenvalue weighted by molar-refractivity contribution is 9.11. The normalized spacial score (nSPS) is 11.3. The van der Waals surface area contributed by atoms with Crippen LogP contribution >= 0.6 is 31.9 Å². The van der Waals surface area contributed by atoms with Crippen molar-refractivity contribution in [2.75, 3.05) is 11.0 Å². The molecule has 0 aromatic carbocycles. The van der Waals surface area contributed by atoms with E-state index in [1.807, 2.05) is 0 Å². The third-order valence-electron chi connectivity index (χ3n) is 1.10. The highest BCUT2D eigenvalue weighted by Gasteiger charge is 2.06. The van der Waals surface area contributed by atoms with Crippen LogP contribution in [0.25, 0.3) is 0 Å². The Labute approximate surface area is 93.1 Å². The fourth-order valence-electron chi connectivity index (χ4n) is 0.694. The summed E-state index contributed by atoms with van der Waals surface area (Å²) in [7, 11) is -3.26. The number of sulfonamides is 1. The summed E-state index contributed by atoms with van der Waals surface area (Å²) in [5.74, 6) is 0. The predicted molar refractivity (Wildman–Crippen MR) is 58.1 cm³/mol. The van der Waals surface area contributed by atoms with Gasteiger partial charge in [-0.2, -0.15) is 0 Å². The van der Waals surface area contributed by atoms with E-state index in [9.17, 15) is 8.42 Å². The third kappa shape index (κ3) is 3.61. The Hall–Kier alpha value is -0.140. The van der Waals surface area contributed by atoms with E-state index in [0.29, 0.717) is 14.8 Å². The van der Waals surface area contributed by atoms with Crippen molar-refractivity contribution in [2.24, 2.45) is 0 Å². The largest absolute Gasteiger partial charge is 0.281 e. The number of nitrogens with zero attached hydrogens (tertiary/aromatic N) is 1. The molecule has 1 heterocycles. The maximum Gasteiger partial charge on any atom is 0.229 e. The van der Waals surface area contributed by atoms with E-state index < -0.39 is 10.0 Å². The smallest absolute Gasteiger partial charge is 0.229 e. The first-order valence-corrected chi connectivity index (χ1v) is 6.65. The molecule has 1 aromatic heterocycles. The van der Waals surface area contributed by atoms with Gasteiger partial charge in [-0.1, -0.05) is 0 Å². The summed E-state index contributed by atoms with van der Waals surface area (Å²) >= 11 is 6.31. The SMILES string of the molecule is CS(=O)(=O)Nc1cc(Br)cnc1Br. The van der Waals surface area contributed by atoms with Gasteiger partial charge in [-0.3, -0.25) is 4.72 Å². The number of hydrogen-bond acceptors (Lipinski definition) is 3. The molecule has 0 saturated heterocycles. The Kier molecular flexibility index (Phi) is 3.31. The molecule has 0 spiro atoms. The van der Waals surface area contributed by atoms with Gasteiger partial charge in [0.1, 0.15) is 4.60 Å². The maximum absolute atomic E-state index is 10.9. The first-order chi connectivity index (χ1) is 5.88. The first kappa shape index (κ1) is 10.9. The summed E-state index contributed by atoms with van der Waals surface area (Å²) in [6.45, 7) is 0. The molecule has 0 bridgehead atoms. The minimum Gasteiger partial charge on any atom is -0.281 e. The topological polar surface area (TPSA) is 59.1 Å². The van der Waals surface area contributed by atoms with E-state index in [4.69, 9.17) is 0 Å². The maximum atomic E-state index is 10.9. The van der Waals surface area contributed by atoms with Crippen LogP contribution in [0.4, 0.5) is 5.69 Å². The Morgan fingerprint density at radius 3 is 2.62 bits per heavy atom. The summed E-state index contributed by atoms with van der Waals surface area (Å²) in [5, 5.41) is 0. The lowest BCUT2D eigenvalue weighted by Gasteiger charge is -2.05. The molecule has 0 radical (unpaired) electrons. The zero-order chi connectivity index (χ0) is 10.1. The van der Waals surface area contributed by atoms with Crippen LogP contribution in [0.5, 0.6) is 0 Å². The highest BCUT2D eigenvalue weighted by Crippen LogP contribution is 2.23. The molecule has 4 nitrogen and oxygen atoms in total. The summed E-state index contributed by atoms with van der Waals surface area (Å²) in [5.41, 5.74) is 0.414. The minimum atomic E-state index is -3.26. The van der Waals surface area contributed by atoms with Gasteiger partial charge in [0, 0.05) is 10.7 Å². The van der Waals surface area contributed by atoms with Crippen LogP contribution in [0, 0.1) is 0 Å². The van der Waals surface area contributed by atoms with Gasteiger partial charge in [-0.25, -0.2) is 13.4 Å². The van der Waals surface area contributed by atoms with Gasteiger partial charge in [0.25, 0.3) is 0 Å². The van der Waals surface area contributed by atoms with E-state index in [1.54, 1.807) is 12.3 Å². The van der Waals surface area contributed by atoms with Crippen molar-refractivity contribution in [1.29, 1.82) is 0 Å². The number of aromatic nitrogens is 1. The molecule has 0 saturated carbocycles.